The van der Waals surface area contributed by atoms with Gasteiger partial charge in [-0.05, 0) is 37.8 Å². The molecule has 0 amide bonds. The lowest BCUT2D eigenvalue weighted by atomic mass is 9.98. The first kappa shape index (κ1) is 13.0. The van der Waals surface area contributed by atoms with Crippen molar-refractivity contribution >= 4 is 9.84 Å². The van der Waals surface area contributed by atoms with Crippen LogP contribution >= 0.6 is 0 Å². The van der Waals surface area contributed by atoms with Crippen LogP contribution in [0.4, 0.5) is 0 Å². The van der Waals surface area contributed by atoms with Crippen molar-refractivity contribution in [1.29, 1.82) is 0 Å². The number of sulfone groups is 1. The van der Waals surface area contributed by atoms with Crippen molar-refractivity contribution in [3.8, 4) is 0 Å². The Kier molecular flexibility index (Phi) is 5.06. The summed E-state index contributed by atoms with van der Waals surface area (Å²) in [4.78, 5) is 0. The monoisotopic (exact) mass is 233 g/mol. The Morgan fingerprint density at radius 2 is 2.07 bits per heavy atom. The summed E-state index contributed by atoms with van der Waals surface area (Å²) < 4.78 is 21.7. The summed E-state index contributed by atoms with van der Waals surface area (Å²) in [6.45, 7) is 4.21. The topological polar surface area (TPSA) is 46.2 Å². The van der Waals surface area contributed by atoms with E-state index < -0.39 is 9.84 Å². The molecule has 1 aliphatic rings. The summed E-state index contributed by atoms with van der Waals surface area (Å²) in [5, 5.41) is 3.37. The molecule has 1 saturated carbocycles. The summed E-state index contributed by atoms with van der Waals surface area (Å²) in [5.41, 5.74) is 0. The van der Waals surface area contributed by atoms with Crippen molar-refractivity contribution in [3.05, 3.63) is 0 Å². The standard InChI is InChI=1S/C11H23NO2S/c1-10-5-3-6-11(10)9-12-7-4-8-15(2,13)14/h10-12H,3-9H2,1-2H3. The highest BCUT2D eigenvalue weighted by molar-refractivity contribution is 7.90. The second-order valence-corrected chi connectivity index (χ2v) is 7.12. The molecule has 0 heterocycles. The zero-order valence-corrected chi connectivity index (χ0v) is 10.6. The van der Waals surface area contributed by atoms with Gasteiger partial charge in [-0.1, -0.05) is 19.8 Å². The van der Waals surface area contributed by atoms with E-state index in [1.807, 2.05) is 0 Å². The average molecular weight is 233 g/mol. The van der Waals surface area contributed by atoms with E-state index in [2.05, 4.69) is 12.2 Å². The van der Waals surface area contributed by atoms with Crippen molar-refractivity contribution in [2.24, 2.45) is 11.8 Å². The lowest BCUT2D eigenvalue weighted by molar-refractivity contribution is 0.393. The molecule has 1 fully saturated rings. The maximum absolute atomic E-state index is 10.9. The largest absolute Gasteiger partial charge is 0.316 e. The molecule has 0 aromatic heterocycles. The molecule has 1 rings (SSSR count). The summed E-state index contributed by atoms with van der Waals surface area (Å²) in [7, 11) is -2.77. The summed E-state index contributed by atoms with van der Waals surface area (Å²) in [6.07, 6.45) is 6.08. The molecule has 4 heteroatoms. The minimum absolute atomic E-state index is 0.306. The zero-order chi connectivity index (χ0) is 11.3. The normalized spacial score (nSPS) is 27.1. The average Bonchev–Trinajstić information content (AvgIpc) is 2.49. The predicted octanol–water partition coefficient (Wildman–Crippen LogP) is 1.45. The number of nitrogens with one attached hydrogen (secondary N) is 1. The van der Waals surface area contributed by atoms with Gasteiger partial charge < -0.3 is 5.32 Å². The highest BCUT2D eigenvalue weighted by atomic mass is 32.2. The molecule has 0 aromatic carbocycles. The van der Waals surface area contributed by atoms with E-state index in [1.54, 1.807) is 0 Å². The van der Waals surface area contributed by atoms with Gasteiger partial charge in [-0.25, -0.2) is 8.42 Å². The van der Waals surface area contributed by atoms with Crippen LogP contribution in [0.2, 0.25) is 0 Å². The first-order chi connectivity index (χ1) is 6.99. The Balaban J connectivity index is 2.02. The molecule has 2 atom stereocenters. The maximum atomic E-state index is 10.9. The van der Waals surface area contributed by atoms with E-state index in [4.69, 9.17) is 0 Å². The van der Waals surface area contributed by atoms with Gasteiger partial charge in [-0.2, -0.15) is 0 Å². The van der Waals surface area contributed by atoms with Crippen molar-refractivity contribution in [2.45, 2.75) is 32.6 Å². The fraction of sp³-hybridized carbons (Fsp3) is 1.00. The van der Waals surface area contributed by atoms with E-state index >= 15 is 0 Å². The van der Waals surface area contributed by atoms with Gasteiger partial charge in [0.1, 0.15) is 9.84 Å². The van der Waals surface area contributed by atoms with Gasteiger partial charge in [0.05, 0.1) is 5.75 Å². The molecule has 0 bridgehead atoms. The van der Waals surface area contributed by atoms with Crippen molar-refractivity contribution in [1.82, 2.24) is 5.32 Å². The zero-order valence-electron chi connectivity index (χ0n) is 9.83. The fourth-order valence-electron chi connectivity index (χ4n) is 2.27. The van der Waals surface area contributed by atoms with Gasteiger partial charge in [0.2, 0.25) is 0 Å². The third-order valence-electron chi connectivity index (χ3n) is 3.31. The molecule has 3 nitrogen and oxygen atoms in total. The molecular weight excluding hydrogens is 210 g/mol. The third kappa shape index (κ3) is 5.52. The molecule has 1 N–H and O–H groups in total. The molecule has 1 aliphatic carbocycles. The molecule has 90 valence electrons. The Hall–Kier alpha value is -0.0900. The number of hydrogen-bond donors (Lipinski definition) is 1. The van der Waals surface area contributed by atoms with Crippen LogP contribution in [-0.4, -0.2) is 33.5 Å². The first-order valence-corrected chi connectivity index (χ1v) is 7.93. The van der Waals surface area contributed by atoms with Gasteiger partial charge in [0, 0.05) is 6.26 Å². The van der Waals surface area contributed by atoms with Gasteiger partial charge >= 0.3 is 0 Å². The molecule has 0 saturated heterocycles. The van der Waals surface area contributed by atoms with Crippen LogP contribution in [-0.2, 0) is 9.84 Å². The molecule has 15 heavy (non-hydrogen) atoms. The minimum Gasteiger partial charge on any atom is -0.316 e. The smallest absolute Gasteiger partial charge is 0.147 e. The number of rotatable bonds is 6. The van der Waals surface area contributed by atoms with Crippen LogP contribution in [0.1, 0.15) is 32.6 Å². The molecule has 2 unspecified atom stereocenters. The Morgan fingerprint density at radius 1 is 1.33 bits per heavy atom. The van der Waals surface area contributed by atoms with Gasteiger partial charge in [-0.15, -0.1) is 0 Å². The molecular formula is C11H23NO2S. The van der Waals surface area contributed by atoms with Crippen LogP contribution in [0.3, 0.4) is 0 Å². The van der Waals surface area contributed by atoms with E-state index in [-0.39, 0.29) is 0 Å². The van der Waals surface area contributed by atoms with E-state index in [1.165, 1.54) is 25.5 Å². The van der Waals surface area contributed by atoms with E-state index in [0.717, 1.165) is 31.3 Å². The molecule has 0 radical (unpaired) electrons. The summed E-state index contributed by atoms with van der Waals surface area (Å²) in [5.74, 6) is 1.95. The summed E-state index contributed by atoms with van der Waals surface area (Å²) in [6, 6.07) is 0. The van der Waals surface area contributed by atoms with Crippen molar-refractivity contribution in [2.75, 3.05) is 25.1 Å². The lowest BCUT2D eigenvalue weighted by Gasteiger charge is -2.15. The van der Waals surface area contributed by atoms with Gasteiger partial charge in [0.25, 0.3) is 0 Å². The maximum Gasteiger partial charge on any atom is 0.147 e. The minimum atomic E-state index is -2.77. The molecule has 0 spiro atoms. The Morgan fingerprint density at radius 3 is 2.60 bits per heavy atom. The Labute approximate surface area is 93.6 Å². The fourth-order valence-corrected chi connectivity index (χ4v) is 2.94. The van der Waals surface area contributed by atoms with Crippen LogP contribution in [0.25, 0.3) is 0 Å². The predicted molar refractivity (Wildman–Crippen MR) is 63.7 cm³/mol. The van der Waals surface area contributed by atoms with Crippen LogP contribution in [0.15, 0.2) is 0 Å². The van der Waals surface area contributed by atoms with Crippen LogP contribution in [0, 0.1) is 11.8 Å². The lowest BCUT2D eigenvalue weighted by Crippen LogP contribution is -2.26. The number of hydrogen-bond acceptors (Lipinski definition) is 3. The van der Waals surface area contributed by atoms with Gasteiger partial charge in [-0.3, -0.25) is 0 Å². The van der Waals surface area contributed by atoms with Crippen molar-refractivity contribution in [3.63, 3.8) is 0 Å². The summed E-state index contributed by atoms with van der Waals surface area (Å²) >= 11 is 0. The highest BCUT2D eigenvalue weighted by Crippen LogP contribution is 2.30. The first-order valence-electron chi connectivity index (χ1n) is 5.87. The molecule has 0 aliphatic heterocycles. The van der Waals surface area contributed by atoms with E-state index in [9.17, 15) is 8.42 Å². The van der Waals surface area contributed by atoms with E-state index in [0.29, 0.717) is 5.75 Å². The SMILES string of the molecule is CC1CCCC1CNCCCS(C)(=O)=O. The Bertz CT molecular complexity index is 274. The van der Waals surface area contributed by atoms with Crippen LogP contribution in [0.5, 0.6) is 0 Å². The van der Waals surface area contributed by atoms with Crippen LogP contribution < -0.4 is 5.32 Å². The van der Waals surface area contributed by atoms with Crippen molar-refractivity contribution < 1.29 is 8.42 Å². The second-order valence-electron chi connectivity index (χ2n) is 4.86. The quantitative estimate of drug-likeness (QED) is 0.706. The van der Waals surface area contributed by atoms with Gasteiger partial charge in [0.15, 0.2) is 0 Å². The molecule has 0 aromatic rings. The second kappa shape index (κ2) is 5.85. The third-order valence-corrected chi connectivity index (χ3v) is 4.34. The highest BCUT2D eigenvalue weighted by Gasteiger charge is 2.22.